The number of nitrogens with two attached hydrogens (primary N) is 1. The van der Waals surface area contributed by atoms with Gasteiger partial charge in [0.25, 0.3) is 5.91 Å². The quantitative estimate of drug-likeness (QED) is 0.540. The van der Waals surface area contributed by atoms with Gasteiger partial charge in [-0.2, -0.15) is 13.2 Å². The maximum Gasteiger partial charge on any atom is 0.415 e. The lowest BCUT2D eigenvalue weighted by atomic mass is 10.0. The second-order valence-corrected chi connectivity index (χ2v) is 4.04. The number of halogens is 3. The molecule has 0 aromatic rings. The topological polar surface area (TPSA) is 86.8 Å². The van der Waals surface area contributed by atoms with Crippen LogP contribution in [0.1, 0.15) is 6.92 Å². The second-order valence-electron chi connectivity index (χ2n) is 4.04. The van der Waals surface area contributed by atoms with E-state index in [9.17, 15) is 18.0 Å². The molecule has 1 amide bonds. The number of alkyl halides is 3. The number of carbonyl (C=O) groups excluding carboxylic acids is 1. The van der Waals surface area contributed by atoms with Crippen molar-refractivity contribution in [2.75, 3.05) is 13.1 Å². The highest BCUT2D eigenvalue weighted by atomic mass is 19.4. The Balaban J connectivity index is 2.80. The molecule has 1 rings (SSSR count). The minimum Gasteiger partial charge on any atom is -0.388 e. The minimum atomic E-state index is -4.87. The maximum absolute atomic E-state index is 12.4. The van der Waals surface area contributed by atoms with Crippen molar-refractivity contribution in [3.8, 4) is 0 Å². The van der Waals surface area contributed by atoms with Crippen LogP contribution in [0, 0.1) is 0 Å². The molecule has 0 bridgehead atoms. The summed E-state index contributed by atoms with van der Waals surface area (Å²) in [5.74, 6) is -1.35. The molecule has 8 heteroatoms. The predicted molar refractivity (Wildman–Crippen MR) is 47.2 cm³/mol. The molecule has 0 aliphatic carbocycles. The highest BCUT2D eigenvalue weighted by Gasteiger charge is 2.56. The summed E-state index contributed by atoms with van der Waals surface area (Å²) >= 11 is 0. The Morgan fingerprint density at radius 1 is 1.31 bits per heavy atom. The van der Waals surface area contributed by atoms with Crippen molar-refractivity contribution in [1.82, 2.24) is 4.90 Å². The molecule has 0 spiro atoms. The molecule has 0 saturated carbocycles. The first-order valence-electron chi connectivity index (χ1n) is 4.58. The molecule has 3 atom stereocenters. The van der Waals surface area contributed by atoms with Gasteiger partial charge in [0, 0.05) is 13.1 Å². The number of rotatable bonds is 1. The van der Waals surface area contributed by atoms with Crippen LogP contribution in [0.2, 0.25) is 0 Å². The van der Waals surface area contributed by atoms with Crippen molar-refractivity contribution < 1.29 is 28.2 Å². The normalized spacial score (nSPS) is 30.3. The summed E-state index contributed by atoms with van der Waals surface area (Å²) in [6.45, 7) is -0.127. The van der Waals surface area contributed by atoms with E-state index in [0.717, 1.165) is 0 Å². The van der Waals surface area contributed by atoms with Gasteiger partial charge >= 0.3 is 6.18 Å². The van der Waals surface area contributed by atoms with Crippen LogP contribution < -0.4 is 5.73 Å². The Morgan fingerprint density at radius 2 is 1.69 bits per heavy atom. The molecular formula is C8H13F3N2O3. The van der Waals surface area contributed by atoms with Gasteiger partial charge < -0.3 is 20.8 Å². The van der Waals surface area contributed by atoms with Crippen LogP contribution in [0.5, 0.6) is 0 Å². The van der Waals surface area contributed by atoms with E-state index in [1.165, 1.54) is 0 Å². The Bertz CT molecular complexity index is 283. The summed E-state index contributed by atoms with van der Waals surface area (Å²) in [7, 11) is 0. The second kappa shape index (κ2) is 3.86. The standard InChI is InChI=1S/C8H13F3N2O3/c1-7(12,8(9,10)11)6(16)13-2-4(14)5(15)3-13/h4-5,14-15H,2-3,12H2,1H3/t4-,5+,7?. The summed E-state index contributed by atoms with van der Waals surface area (Å²) in [6.07, 6.45) is -7.33. The largest absolute Gasteiger partial charge is 0.415 e. The third kappa shape index (κ3) is 2.13. The van der Waals surface area contributed by atoms with Crippen molar-refractivity contribution in [3.63, 3.8) is 0 Å². The average Bonchev–Trinajstić information content (AvgIpc) is 2.43. The first kappa shape index (κ1) is 13.2. The fourth-order valence-electron chi connectivity index (χ4n) is 1.39. The van der Waals surface area contributed by atoms with Gasteiger partial charge in [-0.15, -0.1) is 0 Å². The number of amides is 1. The molecule has 1 aliphatic heterocycles. The van der Waals surface area contributed by atoms with Crippen LogP contribution in [0.3, 0.4) is 0 Å². The van der Waals surface area contributed by atoms with Crippen LogP contribution in [0.15, 0.2) is 0 Å². The number of hydrogen-bond acceptors (Lipinski definition) is 4. The summed E-state index contributed by atoms with van der Waals surface area (Å²) < 4.78 is 37.3. The highest BCUT2D eigenvalue weighted by Crippen LogP contribution is 2.30. The number of likely N-dealkylation sites (tertiary alicyclic amines) is 1. The zero-order chi connectivity index (χ0) is 12.7. The minimum absolute atomic E-state index is 0.344. The molecule has 1 saturated heterocycles. The molecule has 1 heterocycles. The molecular weight excluding hydrogens is 229 g/mol. The van der Waals surface area contributed by atoms with Gasteiger partial charge in [-0.05, 0) is 6.92 Å². The SMILES string of the molecule is CC(N)(C(=O)N1C[C@@H](O)[C@@H](O)C1)C(F)(F)F. The molecule has 4 N–H and O–H groups in total. The zero-order valence-corrected chi connectivity index (χ0v) is 8.53. The number of aliphatic hydroxyl groups is 2. The zero-order valence-electron chi connectivity index (χ0n) is 8.53. The molecule has 16 heavy (non-hydrogen) atoms. The van der Waals surface area contributed by atoms with E-state index in [1.807, 2.05) is 0 Å². The molecule has 0 radical (unpaired) electrons. The molecule has 1 fully saturated rings. The average molecular weight is 242 g/mol. The summed E-state index contributed by atoms with van der Waals surface area (Å²) in [4.78, 5) is 12.2. The van der Waals surface area contributed by atoms with Crippen LogP contribution in [-0.2, 0) is 4.79 Å². The van der Waals surface area contributed by atoms with E-state index in [2.05, 4.69) is 0 Å². The molecule has 0 aromatic heterocycles. The number of carbonyl (C=O) groups is 1. The van der Waals surface area contributed by atoms with Crippen molar-refractivity contribution in [2.24, 2.45) is 5.73 Å². The summed E-state index contributed by atoms with van der Waals surface area (Å²) in [5.41, 5.74) is 1.93. The number of aliphatic hydroxyl groups excluding tert-OH is 2. The van der Waals surface area contributed by atoms with Gasteiger partial charge in [-0.1, -0.05) is 0 Å². The number of nitrogens with zero attached hydrogens (tertiary/aromatic N) is 1. The van der Waals surface area contributed by atoms with E-state index in [1.54, 1.807) is 0 Å². The first-order valence-corrected chi connectivity index (χ1v) is 4.58. The van der Waals surface area contributed by atoms with Crippen molar-refractivity contribution in [3.05, 3.63) is 0 Å². The third-order valence-electron chi connectivity index (χ3n) is 2.58. The fraction of sp³-hybridized carbons (Fsp3) is 0.875. The Morgan fingerprint density at radius 3 is 2.00 bits per heavy atom. The predicted octanol–water partition coefficient (Wildman–Crippen LogP) is -1.17. The van der Waals surface area contributed by atoms with E-state index >= 15 is 0 Å². The van der Waals surface area contributed by atoms with Crippen LogP contribution in [0.4, 0.5) is 13.2 Å². The lowest BCUT2D eigenvalue weighted by molar-refractivity contribution is -0.193. The smallest absolute Gasteiger partial charge is 0.388 e. The molecule has 5 nitrogen and oxygen atoms in total. The fourth-order valence-corrected chi connectivity index (χ4v) is 1.39. The lowest BCUT2D eigenvalue weighted by Gasteiger charge is -2.30. The number of hydrogen-bond donors (Lipinski definition) is 3. The molecule has 0 aromatic carbocycles. The Labute approximate surface area is 89.6 Å². The van der Waals surface area contributed by atoms with E-state index in [-0.39, 0.29) is 13.1 Å². The van der Waals surface area contributed by atoms with Crippen molar-refractivity contribution in [2.45, 2.75) is 30.8 Å². The van der Waals surface area contributed by atoms with Gasteiger partial charge in [0.2, 0.25) is 0 Å². The van der Waals surface area contributed by atoms with Crippen molar-refractivity contribution >= 4 is 5.91 Å². The van der Waals surface area contributed by atoms with Crippen molar-refractivity contribution in [1.29, 1.82) is 0 Å². The van der Waals surface area contributed by atoms with Crippen LogP contribution in [0.25, 0.3) is 0 Å². The highest BCUT2D eigenvalue weighted by molar-refractivity contribution is 5.87. The molecule has 1 aliphatic rings. The summed E-state index contributed by atoms with van der Waals surface area (Å²) in [5, 5.41) is 18.2. The van der Waals surface area contributed by atoms with Gasteiger partial charge in [0.1, 0.15) is 0 Å². The maximum atomic E-state index is 12.4. The van der Waals surface area contributed by atoms with E-state index in [4.69, 9.17) is 15.9 Å². The molecule has 1 unspecified atom stereocenters. The Hall–Kier alpha value is -0.860. The Kier molecular flexibility index (Phi) is 3.19. The van der Waals surface area contributed by atoms with E-state index < -0.39 is 29.8 Å². The van der Waals surface area contributed by atoms with Gasteiger partial charge in [-0.25, -0.2) is 0 Å². The van der Waals surface area contributed by atoms with Gasteiger partial charge in [0.15, 0.2) is 5.54 Å². The number of β-amino-alcohol motifs (C(OH)–C–C–N with tert-alkyl or cyclic N) is 2. The molecule has 94 valence electrons. The lowest BCUT2D eigenvalue weighted by Crippen LogP contribution is -2.62. The first-order chi connectivity index (χ1) is 7.07. The van der Waals surface area contributed by atoms with E-state index in [0.29, 0.717) is 11.8 Å². The van der Waals surface area contributed by atoms with Gasteiger partial charge in [0.05, 0.1) is 12.2 Å². The van der Waals surface area contributed by atoms with Crippen LogP contribution in [-0.4, -0.2) is 58.0 Å². The van der Waals surface area contributed by atoms with Gasteiger partial charge in [-0.3, -0.25) is 4.79 Å². The van der Waals surface area contributed by atoms with Crippen LogP contribution >= 0.6 is 0 Å². The third-order valence-corrected chi connectivity index (χ3v) is 2.58. The monoisotopic (exact) mass is 242 g/mol. The summed E-state index contributed by atoms with van der Waals surface area (Å²) in [6, 6.07) is 0.